The molecule has 3 nitrogen and oxygen atoms in total. The van der Waals surface area contributed by atoms with E-state index >= 15 is 0 Å². The number of nitrogens with one attached hydrogen (secondary N) is 1. The molecule has 0 aromatic heterocycles. The SMILES string of the molecule is C=Cc1ccc(NC(=O)OCC[Si](C)(C)C)cc1Cl. The molecule has 1 amide bonds. The molecule has 1 aromatic rings. The lowest BCUT2D eigenvalue weighted by molar-refractivity contribution is 0.167. The first-order chi connectivity index (χ1) is 8.81. The van der Waals surface area contributed by atoms with Gasteiger partial charge in [0, 0.05) is 18.8 Å². The molecule has 5 heteroatoms. The quantitative estimate of drug-likeness (QED) is 0.787. The van der Waals surface area contributed by atoms with Gasteiger partial charge in [0.15, 0.2) is 0 Å². The van der Waals surface area contributed by atoms with Crippen molar-refractivity contribution in [1.29, 1.82) is 0 Å². The van der Waals surface area contributed by atoms with E-state index in [4.69, 9.17) is 16.3 Å². The zero-order chi connectivity index (χ0) is 14.5. The molecule has 0 aliphatic rings. The van der Waals surface area contributed by atoms with Crippen LogP contribution in [0.4, 0.5) is 10.5 Å². The van der Waals surface area contributed by atoms with E-state index in [1.807, 2.05) is 0 Å². The molecule has 0 saturated carbocycles. The number of anilines is 1. The van der Waals surface area contributed by atoms with E-state index in [1.54, 1.807) is 24.3 Å². The van der Waals surface area contributed by atoms with Gasteiger partial charge in [0.2, 0.25) is 0 Å². The molecule has 0 heterocycles. The van der Waals surface area contributed by atoms with Gasteiger partial charge in [-0.3, -0.25) is 5.32 Å². The second kappa shape index (κ2) is 6.77. The molecule has 19 heavy (non-hydrogen) atoms. The fourth-order valence-electron chi connectivity index (χ4n) is 1.37. The third kappa shape index (κ3) is 5.94. The number of hydrogen-bond acceptors (Lipinski definition) is 2. The Morgan fingerprint density at radius 1 is 1.47 bits per heavy atom. The molecule has 104 valence electrons. The Hall–Kier alpha value is -1.26. The average molecular weight is 298 g/mol. The van der Waals surface area contributed by atoms with E-state index in [0.29, 0.717) is 17.3 Å². The van der Waals surface area contributed by atoms with Crippen LogP contribution in [0.15, 0.2) is 24.8 Å². The highest BCUT2D eigenvalue weighted by atomic mass is 35.5. The van der Waals surface area contributed by atoms with Gasteiger partial charge in [-0.05, 0) is 23.7 Å². The van der Waals surface area contributed by atoms with Crippen LogP contribution in [0.2, 0.25) is 30.7 Å². The van der Waals surface area contributed by atoms with Gasteiger partial charge in [0.1, 0.15) is 0 Å². The topological polar surface area (TPSA) is 38.3 Å². The van der Waals surface area contributed by atoms with Crippen LogP contribution in [-0.2, 0) is 4.74 Å². The summed E-state index contributed by atoms with van der Waals surface area (Å²) in [6.45, 7) is 10.8. The van der Waals surface area contributed by atoms with Gasteiger partial charge in [-0.1, -0.05) is 50.0 Å². The Kier molecular flexibility index (Phi) is 5.63. The minimum atomic E-state index is -1.17. The van der Waals surface area contributed by atoms with Crippen LogP contribution in [0.25, 0.3) is 6.08 Å². The van der Waals surface area contributed by atoms with Gasteiger partial charge in [-0.15, -0.1) is 0 Å². The van der Waals surface area contributed by atoms with Crippen LogP contribution in [0.1, 0.15) is 5.56 Å². The van der Waals surface area contributed by atoms with E-state index in [9.17, 15) is 4.79 Å². The first-order valence-corrected chi connectivity index (χ1v) is 10.3. The number of hydrogen-bond donors (Lipinski definition) is 1. The minimum absolute atomic E-state index is 0.444. The Morgan fingerprint density at radius 2 is 2.16 bits per heavy atom. The van der Waals surface area contributed by atoms with Gasteiger partial charge in [-0.25, -0.2) is 4.79 Å². The molecule has 0 aliphatic carbocycles. The second-order valence-electron chi connectivity index (χ2n) is 5.51. The van der Waals surface area contributed by atoms with Crippen LogP contribution in [0.3, 0.4) is 0 Å². The highest BCUT2D eigenvalue weighted by Crippen LogP contribution is 2.21. The van der Waals surface area contributed by atoms with Crippen LogP contribution < -0.4 is 5.32 Å². The van der Waals surface area contributed by atoms with E-state index in [1.165, 1.54) is 0 Å². The molecule has 0 fully saturated rings. The standard InChI is InChI=1S/C14H20ClNO2Si/c1-5-11-6-7-12(10-13(11)15)16-14(17)18-8-9-19(2,3)4/h5-7,10H,1,8-9H2,2-4H3,(H,16,17). The molecule has 0 aliphatic heterocycles. The van der Waals surface area contributed by atoms with Gasteiger partial charge in [0.25, 0.3) is 0 Å². The fourth-order valence-corrected chi connectivity index (χ4v) is 2.35. The van der Waals surface area contributed by atoms with Crippen LogP contribution in [0.5, 0.6) is 0 Å². The van der Waals surface area contributed by atoms with E-state index < -0.39 is 14.2 Å². The largest absolute Gasteiger partial charge is 0.450 e. The Morgan fingerprint density at radius 3 is 2.68 bits per heavy atom. The van der Waals surface area contributed by atoms with Crippen molar-refractivity contribution in [3.8, 4) is 0 Å². The molecular weight excluding hydrogens is 278 g/mol. The Balaban J connectivity index is 2.49. The van der Waals surface area contributed by atoms with E-state index in [0.717, 1.165) is 11.6 Å². The summed E-state index contributed by atoms with van der Waals surface area (Å²) < 4.78 is 5.14. The maximum Gasteiger partial charge on any atom is 0.411 e. The highest BCUT2D eigenvalue weighted by Gasteiger charge is 2.14. The molecule has 0 radical (unpaired) electrons. The average Bonchev–Trinajstić information content (AvgIpc) is 2.27. The smallest absolute Gasteiger partial charge is 0.411 e. The first kappa shape index (κ1) is 15.8. The van der Waals surface area contributed by atoms with Crippen molar-refractivity contribution < 1.29 is 9.53 Å². The van der Waals surface area contributed by atoms with Gasteiger partial charge < -0.3 is 4.74 Å². The van der Waals surface area contributed by atoms with Crippen molar-refractivity contribution in [3.05, 3.63) is 35.4 Å². The second-order valence-corrected chi connectivity index (χ2v) is 11.5. The predicted octanol–water partition coefficient (Wildman–Crippen LogP) is 4.87. The minimum Gasteiger partial charge on any atom is -0.450 e. The Bertz CT molecular complexity index is 469. The molecule has 0 bridgehead atoms. The number of carbonyl (C=O) groups is 1. The third-order valence-electron chi connectivity index (χ3n) is 2.55. The van der Waals surface area contributed by atoms with Crippen LogP contribution >= 0.6 is 11.6 Å². The number of rotatable bonds is 5. The van der Waals surface area contributed by atoms with Crippen molar-refractivity contribution >= 4 is 37.5 Å². The zero-order valence-electron chi connectivity index (χ0n) is 11.6. The van der Waals surface area contributed by atoms with E-state index in [-0.39, 0.29) is 0 Å². The maximum atomic E-state index is 11.6. The molecular formula is C14H20ClNO2Si. The zero-order valence-corrected chi connectivity index (χ0v) is 13.4. The third-order valence-corrected chi connectivity index (χ3v) is 4.58. The molecule has 0 spiro atoms. The lowest BCUT2D eigenvalue weighted by Crippen LogP contribution is -2.24. The summed E-state index contributed by atoms with van der Waals surface area (Å²) in [7, 11) is -1.17. The molecule has 0 unspecified atom stereocenters. The molecule has 0 atom stereocenters. The fraction of sp³-hybridized carbons (Fsp3) is 0.357. The summed E-state index contributed by atoms with van der Waals surface area (Å²) in [6.07, 6.45) is 1.22. The van der Waals surface area contributed by atoms with Gasteiger partial charge in [-0.2, -0.15) is 0 Å². The van der Waals surface area contributed by atoms with Crippen molar-refractivity contribution in [1.82, 2.24) is 0 Å². The summed E-state index contributed by atoms with van der Waals surface area (Å²) in [5.41, 5.74) is 1.45. The molecule has 1 aromatic carbocycles. The monoisotopic (exact) mass is 297 g/mol. The van der Waals surface area contributed by atoms with Crippen LogP contribution in [0, 0.1) is 0 Å². The number of benzene rings is 1. The lowest BCUT2D eigenvalue weighted by Gasteiger charge is -2.15. The Labute approximate surface area is 120 Å². The lowest BCUT2D eigenvalue weighted by atomic mass is 10.2. The molecule has 1 N–H and O–H groups in total. The van der Waals surface area contributed by atoms with Crippen molar-refractivity contribution in [2.75, 3.05) is 11.9 Å². The molecule has 0 saturated heterocycles. The summed E-state index contributed by atoms with van der Waals surface area (Å²) in [4.78, 5) is 11.6. The number of amides is 1. The predicted molar refractivity (Wildman–Crippen MR) is 84.7 cm³/mol. The van der Waals surface area contributed by atoms with Gasteiger partial charge >= 0.3 is 6.09 Å². The molecule has 1 rings (SSSR count). The van der Waals surface area contributed by atoms with Gasteiger partial charge in [0.05, 0.1) is 6.61 Å². The highest BCUT2D eigenvalue weighted by molar-refractivity contribution is 6.76. The maximum absolute atomic E-state index is 11.6. The summed E-state index contributed by atoms with van der Waals surface area (Å²) in [6, 6.07) is 6.20. The normalized spacial score (nSPS) is 10.9. The number of ether oxygens (including phenoxy) is 1. The summed E-state index contributed by atoms with van der Waals surface area (Å²) in [5.74, 6) is 0. The number of carbonyl (C=O) groups excluding carboxylic acids is 1. The van der Waals surface area contributed by atoms with Crippen molar-refractivity contribution in [3.63, 3.8) is 0 Å². The summed E-state index contributed by atoms with van der Waals surface area (Å²) >= 11 is 6.02. The van der Waals surface area contributed by atoms with Crippen molar-refractivity contribution in [2.24, 2.45) is 0 Å². The summed E-state index contributed by atoms with van der Waals surface area (Å²) in [5, 5.41) is 3.21. The van der Waals surface area contributed by atoms with Crippen LogP contribution in [-0.4, -0.2) is 20.8 Å². The first-order valence-electron chi connectivity index (χ1n) is 6.17. The number of halogens is 1. The van der Waals surface area contributed by atoms with Crippen molar-refractivity contribution in [2.45, 2.75) is 25.7 Å². The van der Waals surface area contributed by atoms with E-state index in [2.05, 4.69) is 31.5 Å².